The van der Waals surface area contributed by atoms with E-state index in [0.29, 0.717) is 17.9 Å². The predicted octanol–water partition coefficient (Wildman–Crippen LogP) is 1.57. The lowest BCUT2D eigenvalue weighted by molar-refractivity contribution is 0.0526. The van der Waals surface area contributed by atoms with Crippen molar-refractivity contribution in [3.8, 4) is 5.75 Å². The van der Waals surface area contributed by atoms with Gasteiger partial charge in [0.15, 0.2) is 0 Å². The Hall–Kier alpha value is -1.51. The topological polar surface area (TPSA) is 46.5 Å². The molecule has 3 heteroatoms. The molecule has 0 spiro atoms. The summed E-state index contributed by atoms with van der Waals surface area (Å²) in [6.07, 6.45) is 0. The Morgan fingerprint density at radius 3 is 2.75 bits per heavy atom. The fraction of sp³-hybridized carbons (Fsp3) is 0.222. The molecule has 3 nitrogen and oxygen atoms in total. The van der Waals surface area contributed by atoms with E-state index < -0.39 is 0 Å². The summed E-state index contributed by atoms with van der Waals surface area (Å²) in [6.45, 7) is 2.11. The molecule has 0 heterocycles. The van der Waals surface area contributed by atoms with E-state index in [1.807, 2.05) is 0 Å². The molecule has 0 unspecified atom stereocenters. The van der Waals surface area contributed by atoms with Crippen LogP contribution in [0.2, 0.25) is 0 Å². The van der Waals surface area contributed by atoms with Gasteiger partial charge in [0.2, 0.25) is 0 Å². The highest BCUT2D eigenvalue weighted by Gasteiger charge is 2.04. The zero-order chi connectivity index (χ0) is 9.68. The predicted molar refractivity (Wildman–Crippen MR) is 44.1 cm³/mol. The number of esters is 1. The maximum atomic E-state index is 11.1. The molecule has 0 aliphatic heterocycles. The quantitative estimate of drug-likeness (QED) is 0.695. The van der Waals surface area contributed by atoms with Gasteiger partial charge in [-0.15, -0.1) is 0 Å². The van der Waals surface area contributed by atoms with Crippen molar-refractivity contribution in [2.75, 3.05) is 6.61 Å². The van der Waals surface area contributed by atoms with Gasteiger partial charge >= 0.3 is 5.97 Å². The number of rotatable bonds is 3. The molecule has 12 heavy (non-hydrogen) atoms. The molecule has 1 rings (SSSR count). The average molecular weight is 167 g/mol. The first-order valence-corrected chi connectivity index (χ1v) is 3.68. The van der Waals surface area contributed by atoms with Crippen molar-refractivity contribution < 1.29 is 14.6 Å². The molecule has 0 saturated heterocycles. The molecule has 1 N–H and O–H groups in total. The number of ether oxygens (including phenoxy) is 1. The summed E-state index contributed by atoms with van der Waals surface area (Å²) >= 11 is 0. The minimum Gasteiger partial charge on any atom is -0.508 e. The molecule has 0 aliphatic carbocycles. The van der Waals surface area contributed by atoms with Crippen LogP contribution in [0.3, 0.4) is 0 Å². The molecule has 0 bridgehead atoms. The van der Waals surface area contributed by atoms with E-state index in [9.17, 15) is 4.79 Å². The molecule has 0 radical (unpaired) electrons. The summed E-state index contributed by atoms with van der Waals surface area (Å²) in [4.78, 5) is 11.1. The van der Waals surface area contributed by atoms with E-state index in [0.717, 1.165) is 0 Å². The van der Waals surface area contributed by atoms with Crippen molar-refractivity contribution >= 4 is 5.97 Å². The lowest BCUT2D eigenvalue weighted by Crippen LogP contribution is -2.03. The summed E-state index contributed by atoms with van der Waals surface area (Å²) in [5.74, 6) is 0.0343. The third-order valence-corrected chi connectivity index (χ3v) is 1.37. The van der Waals surface area contributed by atoms with Crippen LogP contribution < -0.4 is 0 Å². The number of phenolic OH excluding ortho intramolecular Hbond substituents is 1. The van der Waals surface area contributed by atoms with Crippen LogP contribution >= 0.6 is 0 Å². The Morgan fingerprint density at radius 2 is 2.25 bits per heavy atom. The van der Waals surface area contributed by atoms with Gasteiger partial charge in [0.05, 0.1) is 12.2 Å². The van der Waals surface area contributed by atoms with Crippen molar-refractivity contribution in [1.82, 2.24) is 0 Å². The van der Waals surface area contributed by atoms with E-state index in [2.05, 4.69) is 5.11 Å². The number of carbonyl (C=O) groups is 1. The normalized spacial score (nSPS) is 10.2. The van der Waals surface area contributed by atoms with Crippen LogP contribution in [-0.4, -0.2) is 19.1 Å². The molecular weight excluding hydrogens is 156 g/mol. The number of hydrogen-bond acceptors (Lipinski definition) is 3. The number of benzene rings is 1. The monoisotopic (exact) mass is 167 g/mol. The second-order valence-corrected chi connectivity index (χ2v) is 2.24. The summed E-state index contributed by atoms with van der Waals surface area (Å²) in [7, 11) is 0. The van der Waals surface area contributed by atoms with E-state index in [4.69, 9.17) is 6.17 Å². The van der Waals surface area contributed by atoms with Gasteiger partial charge in [0, 0.05) is 0 Å². The van der Waals surface area contributed by atoms with Gasteiger partial charge in [-0.1, -0.05) is 0 Å². The Bertz CT molecular complexity index is 281. The number of hydrogen-bond donors (Lipinski definition) is 1. The first-order chi connectivity index (χ1) is 6.27. The van der Waals surface area contributed by atoms with Gasteiger partial charge in [-0.25, -0.2) is 4.79 Å². The minimum absolute atomic E-state index is 0.357. The summed E-state index contributed by atoms with van der Waals surface area (Å²) in [6, 6.07) is 6.20. The Labute approximate surface area is 72.1 Å². The maximum Gasteiger partial charge on any atom is 0.338 e. The SMILES string of the molecule is [2H]Oc1ccc(C(=O)OCC)cc1. The van der Waals surface area contributed by atoms with Crippen LogP contribution in [0, 0.1) is 0 Å². The molecule has 0 atom stereocenters. The standard InChI is InChI=1S/C9H10O3/c1-2-12-9(11)7-3-5-8(10)6-4-7/h3-6,10H,2H2,1H3/i/hD. The number of aromatic hydroxyl groups is 1. The van der Waals surface area contributed by atoms with Gasteiger partial charge in [0.1, 0.15) is 5.75 Å². The molecule has 64 valence electrons. The van der Waals surface area contributed by atoms with Crippen molar-refractivity contribution in [2.45, 2.75) is 6.92 Å². The fourth-order valence-electron chi connectivity index (χ4n) is 0.805. The van der Waals surface area contributed by atoms with Crippen molar-refractivity contribution in [2.24, 2.45) is 0 Å². The van der Waals surface area contributed by atoms with Crippen LogP contribution in [0.4, 0.5) is 0 Å². The average Bonchev–Trinajstić information content (AvgIpc) is 2.18. The second kappa shape index (κ2) is 3.76. The van der Waals surface area contributed by atoms with Crippen LogP contribution in [-0.2, 0) is 4.74 Å². The van der Waals surface area contributed by atoms with Crippen LogP contribution in [0.25, 0.3) is 0 Å². The van der Waals surface area contributed by atoms with Crippen LogP contribution in [0.15, 0.2) is 24.3 Å². The van der Waals surface area contributed by atoms with Gasteiger partial charge in [-0.2, -0.15) is 0 Å². The van der Waals surface area contributed by atoms with Crippen molar-refractivity contribution in [3.63, 3.8) is 0 Å². The Kier molecular flexibility index (Phi) is 2.24. The first kappa shape index (κ1) is 7.16. The largest absolute Gasteiger partial charge is 0.508 e. The highest BCUT2D eigenvalue weighted by molar-refractivity contribution is 5.89. The smallest absolute Gasteiger partial charge is 0.338 e. The van der Waals surface area contributed by atoms with Gasteiger partial charge in [0.25, 0.3) is 1.43 Å². The molecular formula is C9H10O3. The zero-order valence-corrected chi connectivity index (χ0v) is 6.74. The van der Waals surface area contributed by atoms with Crippen molar-refractivity contribution in [1.29, 1.82) is 1.43 Å². The van der Waals surface area contributed by atoms with Gasteiger partial charge < -0.3 is 9.85 Å². The molecule has 0 saturated carbocycles. The molecule has 0 aliphatic rings. The highest BCUT2D eigenvalue weighted by atomic mass is 16.5. The summed E-state index contributed by atoms with van der Waals surface area (Å²) < 4.78 is 11.4. The van der Waals surface area contributed by atoms with E-state index >= 15 is 0 Å². The fourth-order valence-corrected chi connectivity index (χ4v) is 0.805. The lowest BCUT2D eigenvalue weighted by atomic mass is 10.2. The van der Waals surface area contributed by atoms with Crippen molar-refractivity contribution in [3.05, 3.63) is 29.8 Å². The van der Waals surface area contributed by atoms with Gasteiger partial charge in [-0.05, 0) is 31.2 Å². The van der Waals surface area contributed by atoms with Crippen LogP contribution in [0.1, 0.15) is 17.3 Å². The third kappa shape index (κ3) is 1.99. The molecule has 0 fully saturated rings. The van der Waals surface area contributed by atoms with E-state index in [1.54, 1.807) is 31.2 Å². The van der Waals surface area contributed by atoms with Gasteiger partial charge in [-0.3, -0.25) is 0 Å². The Morgan fingerprint density at radius 1 is 1.58 bits per heavy atom. The summed E-state index contributed by atoms with van der Waals surface area (Å²) in [5, 5.41) is 4.21. The van der Waals surface area contributed by atoms with E-state index in [1.165, 1.54) is 0 Å². The first-order valence-electron chi connectivity index (χ1n) is 4.09. The lowest BCUT2D eigenvalue weighted by Gasteiger charge is -2.00. The zero-order valence-electron chi connectivity index (χ0n) is 7.74. The Balaban J connectivity index is 2.74. The van der Waals surface area contributed by atoms with E-state index in [-0.39, 0.29) is 5.97 Å². The minimum atomic E-state index is -0.362. The highest BCUT2D eigenvalue weighted by Crippen LogP contribution is 2.10. The number of carbonyl (C=O) groups excluding carboxylic acids is 1. The van der Waals surface area contributed by atoms with Crippen LogP contribution in [0.5, 0.6) is 5.75 Å². The number of phenols is 1. The second-order valence-electron chi connectivity index (χ2n) is 2.24. The third-order valence-electron chi connectivity index (χ3n) is 1.37. The maximum absolute atomic E-state index is 11.1. The molecule has 1 aromatic carbocycles. The summed E-state index contributed by atoms with van der Waals surface area (Å²) in [5.41, 5.74) is 0.461. The molecule has 0 amide bonds. The molecule has 0 aromatic heterocycles. The molecule has 1 aromatic rings.